The summed E-state index contributed by atoms with van der Waals surface area (Å²) in [7, 11) is 0. The van der Waals surface area contributed by atoms with Gasteiger partial charge in [0.2, 0.25) is 0 Å². The summed E-state index contributed by atoms with van der Waals surface area (Å²) in [4.78, 5) is 11.0. The molecular formula is C13H11Br2NO3. The maximum atomic E-state index is 11.0. The molecule has 100 valence electrons. The number of halogens is 2. The van der Waals surface area contributed by atoms with Crippen LogP contribution >= 0.6 is 31.9 Å². The molecule has 1 aromatic carbocycles. The zero-order valence-corrected chi connectivity index (χ0v) is 13.2. The minimum Gasteiger partial charge on any atom is -0.478 e. The van der Waals surface area contributed by atoms with Crippen LogP contribution in [0, 0.1) is 6.92 Å². The van der Waals surface area contributed by atoms with Crippen LogP contribution in [0.25, 0.3) is 0 Å². The minimum absolute atomic E-state index is 0.298. The van der Waals surface area contributed by atoms with E-state index in [4.69, 9.17) is 9.52 Å². The number of benzene rings is 1. The predicted octanol–water partition coefficient (Wildman–Crippen LogP) is 4.42. The lowest BCUT2D eigenvalue weighted by molar-refractivity contribution is 0.0696. The topological polar surface area (TPSA) is 62.5 Å². The van der Waals surface area contributed by atoms with Crippen LogP contribution in [0.2, 0.25) is 0 Å². The average Bonchev–Trinajstić information content (AvgIpc) is 2.67. The van der Waals surface area contributed by atoms with Gasteiger partial charge in [-0.1, -0.05) is 6.07 Å². The van der Waals surface area contributed by atoms with E-state index in [1.807, 2.05) is 12.1 Å². The number of aromatic carboxylic acids is 1. The molecule has 0 fully saturated rings. The van der Waals surface area contributed by atoms with Gasteiger partial charge in [0.1, 0.15) is 5.76 Å². The van der Waals surface area contributed by atoms with Gasteiger partial charge in [-0.25, -0.2) is 4.79 Å². The van der Waals surface area contributed by atoms with E-state index >= 15 is 0 Å². The van der Waals surface area contributed by atoms with E-state index in [2.05, 4.69) is 37.2 Å². The van der Waals surface area contributed by atoms with Gasteiger partial charge in [-0.3, -0.25) is 0 Å². The van der Waals surface area contributed by atoms with Crippen LogP contribution in [0.3, 0.4) is 0 Å². The summed E-state index contributed by atoms with van der Waals surface area (Å²) >= 11 is 6.61. The number of rotatable bonds is 4. The van der Waals surface area contributed by atoms with Gasteiger partial charge in [0.15, 0.2) is 4.67 Å². The molecule has 0 spiro atoms. The van der Waals surface area contributed by atoms with Gasteiger partial charge in [0.05, 0.1) is 16.6 Å². The predicted molar refractivity (Wildman–Crippen MR) is 79.6 cm³/mol. The average molecular weight is 389 g/mol. The van der Waals surface area contributed by atoms with E-state index in [0.29, 0.717) is 22.3 Å². The summed E-state index contributed by atoms with van der Waals surface area (Å²) in [6.07, 6.45) is 0. The van der Waals surface area contributed by atoms with Gasteiger partial charge >= 0.3 is 5.97 Å². The molecule has 1 aromatic heterocycles. The normalized spacial score (nSPS) is 10.5. The van der Waals surface area contributed by atoms with Crippen molar-refractivity contribution in [1.82, 2.24) is 0 Å². The lowest BCUT2D eigenvalue weighted by Gasteiger charge is -2.10. The van der Waals surface area contributed by atoms with E-state index in [1.165, 1.54) is 0 Å². The largest absolute Gasteiger partial charge is 0.478 e. The number of carboxylic acids is 1. The molecule has 0 unspecified atom stereocenters. The summed E-state index contributed by atoms with van der Waals surface area (Å²) in [6, 6.07) is 7.00. The summed E-state index contributed by atoms with van der Waals surface area (Å²) in [6.45, 7) is 2.26. The van der Waals surface area contributed by atoms with Crippen LogP contribution in [0.4, 0.5) is 5.69 Å². The van der Waals surface area contributed by atoms with Gasteiger partial charge in [0.25, 0.3) is 0 Å². The molecule has 0 aliphatic heterocycles. The molecule has 0 aliphatic rings. The van der Waals surface area contributed by atoms with Crippen molar-refractivity contribution in [2.45, 2.75) is 13.5 Å². The van der Waals surface area contributed by atoms with E-state index in [0.717, 1.165) is 15.9 Å². The summed E-state index contributed by atoms with van der Waals surface area (Å²) in [5.74, 6) is -0.177. The number of hydrogen-bond acceptors (Lipinski definition) is 3. The third kappa shape index (κ3) is 3.19. The first-order chi connectivity index (χ1) is 8.99. The van der Waals surface area contributed by atoms with E-state index < -0.39 is 5.97 Å². The highest BCUT2D eigenvalue weighted by atomic mass is 79.9. The summed E-state index contributed by atoms with van der Waals surface area (Å²) in [5.41, 5.74) is 1.79. The highest BCUT2D eigenvalue weighted by Crippen LogP contribution is 2.27. The molecule has 2 aromatic rings. The summed E-state index contributed by atoms with van der Waals surface area (Å²) in [5, 5.41) is 12.2. The molecule has 2 N–H and O–H groups in total. The third-order valence-corrected chi connectivity index (χ3v) is 4.42. The first-order valence-corrected chi connectivity index (χ1v) is 7.08. The van der Waals surface area contributed by atoms with Gasteiger partial charge in [-0.2, -0.15) is 0 Å². The molecule has 0 radical (unpaired) electrons. The van der Waals surface area contributed by atoms with Gasteiger partial charge < -0.3 is 14.8 Å². The van der Waals surface area contributed by atoms with Crippen LogP contribution in [0.5, 0.6) is 0 Å². The highest BCUT2D eigenvalue weighted by Gasteiger charge is 2.11. The maximum Gasteiger partial charge on any atom is 0.336 e. The Kier molecular flexibility index (Phi) is 4.31. The van der Waals surface area contributed by atoms with Crippen LogP contribution in [0.1, 0.15) is 21.7 Å². The zero-order chi connectivity index (χ0) is 14.0. The molecule has 1 heterocycles. The molecule has 0 atom stereocenters. The van der Waals surface area contributed by atoms with Crippen LogP contribution in [-0.4, -0.2) is 11.1 Å². The second-order valence-electron chi connectivity index (χ2n) is 3.97. The van der Waals surface area contributed by atoms with Crippen molar-refractivity contribution in [3.8, 4) is 0 Å². The van der Waals surface area contributed by atoms with E-state index in [-0.39, 0.29) is 0 Å². The van der Waals surface area contributed by atoms with Crippen LogP contribution in [-0.2, 0) is 6.54 Å². The van der Waals surface area contributed by atoms with Gasteiger partial charge in [-0.05, 0) is 62.5 Å². The Balaban J connectivity index is 2.16. The molecule has 4 nitrogen and oxygen atoms in total. The molecule has 0 saturated heterocycles. The second kappa shape index (κ2) is 5.79. The number of furan rings is 1. The fourth-order valence-electron chi connectivity index (χ4n) is 1.72. The number of carbonyl (C=O) groups is 1. The first-order valence-electron chi connectivity index (χ1n) is 5.49. The Morgan fingerprint density at radius 1 is 1.42 bits per heavy atom. The number of anilines is 1. The van der Waals surface area contributed by atoms with E-state index in [9.17, 15) is 4.79 Å². The Labute approximate surface area is 127 Å². The number of hydrogen-bond donors (Lipinski definition) is 2. The second-order valence-corrected chi connectivity index (χ2v) is 5.55. The number of carboxylic acid groups (broad SMARTS) is 1. The molecule has 0 aliphatic carbocycles. The Hall–Kier alpha value is -1.27. The maximum absolute atomic E-state index is 11.0. The van der Waals surface area contributed by atoms with Crippen molar-refractivity contribution in [2.24, 2.45) is 0 Å². The molecule has 0 bridgehead atoms. The molecule has 19 heavy (non-hydrogen) atoms. The third-order valence-electron chi connectivity index (χ3n) is 2.71. The zero-order valence-electron chi connectivity index (χ0n) is 10.0. The fraction of sp³-hybridized carbons (Fsp3) is 0.154. The SMILES string of the molecule is Cc1c(NCc2cc(Br)c(Br)o2)cccc1C(=O)O. The van der Waals surface area contributed by atoms with E-state index in [1.54, 1.807) is 19.1 Å². The monoisotopic (exact) mass is 387 g/mol. The quantitative estimate of drug-likeness (QED) is 0.813. The Morgan fingerprint density at radius 2 is 2.16 bits per heavy atom. The molecule has 2 rings (SSSR count). The molecular weight excluding hydrogens is 378 g/mol. The number of nitrogens with one attached hydrogen (secondary N) is 1. The molecule has 0 saturated carbocycles. The van der Waals surface area contributed by atoms with Gasteiger partial charge in [0, 0.05) is 5.69 Å². The smallest absolute Gasteiger partial charge is 0.336 e. The lowest BCUT2D eigenvalue weighted by atomic mass is 10.1. The van der Waals surface area contributed by atoms with Crippen molar-refractivity contribution in [2.75, 3.05) is 5.32 Å². The van der Waals surface area contributed by atoms with Crippen LogP contribution < -0.4 is 5.32 Å². The van der Waals surface area contributed by atoms with Gasteiger partial charge in [-0.15, -0.1) is 0 Å². The Morgan fingerprint density at radius 3 is 2.74 bits per heavy atom. The first kappa shape index (κ1) is 14.1. The van der Waals surface area contributed by atoms with Crippen molar-refractivity contribution >= 4 is 43.5 Å². The van der Waals surface area contributed by atoms with Crippen molar-refractivity contribution < 1.29 is 14.3 Å². The lowest BCUT2D eigenvalue weighted by Crippen LogP contribution is -2.05. The van der Waals surface area contributed by atoms with Crippen molar-refractivity contribution in [1.29, 1.82) is 0 Å². The van der Waals surface area contributed by atoms with Crippen molar-refractivity contribution in [3.05, 3.63) is 50.3 Å². The highest BCUT2D eigenvalue weighted by molar-refractivity contribution is 9.13. The molecule has 6 heteroatoms. The minimum atomic E-state index is -0.926. The standard InChI is InChI=1S/C13H11Br2NO3/c1-7-9(13(17)18)3-2-4-11(7)16-6-8-5-10(14)12(15)19-8/h2-5,16H,6H2,1H3,(H,17,18). The van der Waals surface area contributed by atoms with Crippen molar-refractivity contribution in [3.63, 3.8) is 0 Å². The Bertz CT molecular complexity index is 603. The van der Waals surface area contributed by atoms with Crippen LogP contribution in [0.15, 0.2) is 37.8 Å². The molecule has 0 amide bonds. The summed E-state index contributed by atoms with van der Waals surface area (Å²) < 4.78 is 6.93. The fourth-order valence-corrected chi connectivity index (χ4v) is 2.38.